The number of rotatable bonds is 3. The number of aromatic nitrogens is 1. The molecule has 2 heterocycles. The lowest BCUT2D eigenvalue weighted by molar-refractivity contribution is -0.136. The third-order valence-corrected chi connectivity index (χ3v) is 2.90. The molecule has 1 atom stereocenters. The van der Waals surface area contributed by atoms with E-state index in [9.17, 15) is 4.79 Å². The fourth-order valence-electron chi connectivity index (χ4n) is 2.51. The van der Waals surface area contributed by atoms with Gasteiger partial charge >= 0.3 is 0 Å². The highest BCUT2D eigenvalue weighted by Gasteiger charge is 2.32. The van der Waals surface area contributed by atoms with Gasteiger partial charge in [-0.2, -0.15) is 0 Å². The van der Waals surface area contributed by atoms with Crippen LogP contribution in [0.4, 0.5) is 5.88 Å². The number of morpholine rings is 1. The smallest absolute Gasteiger partial charge is 0.240 e. The number of ether oxygens (including phenoxy) is 1. The number of anilines is 1. The van der Waals surface area contributed by atoms with Gasteiger partial charge in [0.15, 0.2) is 0 Å². The van der Waals surface area contributed by atoms with Crippen molar-refractivity contribution in [1.82, 2.24) is 10.1 Å². The standard InChI is InChI=1S/C13H21N3O3/c1-9-5-12(19-15-9)14-11(17)7-16-6-10(2)18-13(3,4)8-16/h5,10H,6-8H2,1-4H3,(H,14,17). The molecule has 0 radical (unpaired) electrons. The minimum atomic E-state index is -0.221. The van der Waals surface area contributed by atoms with E-state index in [0.29, 0.717) is 12.4 Å². The summed E-state index contributed by atoms with van der Waals surface area (Å²) in [7, 11) is 0. The van der Waals surface area contributed by atoms with Gasteiger partial charge in [-0.15, -0.1) is 0 Å². The van der Waals surface area contributed by atoms with E-state index in [1.807, 2.05) is 27.7 Å². The number of nitrogens with zero attached hydrogens (tertiary/aromatic N) is 2. The number of aryl methyl sites for hydroxylation is 1. The largest absolute Gasteiger partial charge is 0.370 e. The summed E-state index contributed by atoms with van der Waals surface area (Å²) in [5.41, 5.74) is 0.525. The van der Waals surface area contributed by atoms with E-state index in [2.05, 4.69) is 15.4 Å². The van der Waals surface area contributed by atoms with Gasteiger partial charge in [0.2, 0.25) is 11.8 Å². The van der Waals surface area contributed by atoms with Gasteiger partial charge in [-0.25, -0.2) is 0 Å². The maximum atomic E-state index is 11.9. The van der Waals surface area contributed by atoms with E-state index in [-0.39, 0.29) is 17.6 Å². The monoisotopic (exact) mass is 267 g/mol. The quantitative estimate of drug-likeness (QED) is 0.897. The van der Waals surface area contributed by atoms with Crippen LogP contribution in [-0.4, -0.2) is 47.3 Å². The van der Waals surface area contributed by atoms with Crippen molar-refractivity contribution in [3.8, 4) is 0 Å². The van der Waals surface area contributed by atoms with Crippen LogP contribution in [0.1, 0.15) is 26.5 Å². The second-order valence-corrected chi connectivity index (χ2v) is 5.74. The first kappa shape index (κ1) is 14.0. The average molecular weight is 267 g/mol. The molecule has 0 aromatic carbocycles. The van der Waals surface area contributed by atoms with Crippen LogP contribution in [0.5, 0.6) is 0 Å². The van der Waals surface area contributed by atoms with E-state index in [4.69, 9.17) is 9.26 Å². The van der Waals surface area contributed by atoms with Crippen LogP contribution >= 0.6 is 0 Å². The van der Waals surface area contributed by atoms with Crippen molar-refractivity contribution in [3.63, 3.8) is 0 Å². The first-order valence-corrected chi connectivity index (χ1v) is 6.47. The Morgan fingerprint density at radius 3 is 2.95 bits per heavy atom. The lowest BCUT2D eigenvalue weighted by Crippen LogP contribution is -2.53. The molecule has 106 valence electrons. The number of amides is 1. The topological polar surface area (TPSA) is 67.6 Å². The lowest BCUT2D eigenvalue weighted by Gasteiger charge is -2.41. The van der Waals surface area contributed by atoms with Crippen LogP contribution in [0.3, 0.4) is 0 Å². The van der Waals surface area contributed by atoms with Crippen LogP contribution < -0.4 is 5.32 Å². The number of nitrogens with one attached hydrogen (secondary N) is 1. The van der Waals surface area contributed by atoms with Crippen LogP contribution in [0, 0.1) is 6.92 Å². The molecule has 1 aliphatic rings. The summed E-state index contributed by atoms with van der Waals surface area (Å²) >= 11 is 0. The maximum absolute atomic E-state index is 11.9. The Bertz CT molecular complexity index is 456. The second kappa shape index (κ2) is 5.30. The lowest BCUT2D eigenvalue weighted by atomic mass is 10.1. The molecule has 19 heavy (non-hydrogen) atoms. The molecule has 1 amide bonds. The minimum absolute atomic E-state index is 0.0962. The Hall–Kier alpha value is -1.40. The van der Waals surface area contributed by atoms with Crippen molar-refractivity contribution in [2.75, 3.05) is 25.0 Å². The Labute approximate surface area is 113 Å². The van der Waals surface area contributed by atoms with Crippen molar-refractivity contribution in [1.29, 1.82) is 0 Å². The van der Waals surface area contributed by atoms with Crippen LogP contribution in [0.15, 0.2) is 10.6 Å². The van der Waals surface area contributed by atoms with Gasteiger partial charge in [-0.3, -0.25) is 15.0 Å². The predicted octanol–water partition coefficient (Wildman–Crippen LogP) is 1.42. The van der Waals surface area contributed by atoms with Gasteiger partial charge in [-0.1, -0.05) is 5.16 Å². The van der Waals surface area contributed by atoms with Gasteiger partial charge in [0.1, 0.15) is 0 Å². The van der Waals surface area contributed by atoms with Gasteiger partial charge in [0.25, 0.3) is 0 Å². The molecule has 1 fully saturated rings. The molecule has 1 aliphatic heterocycles. The SMILES string of the molecule is Cc1cc(NC(=O)CN2CC(C)OC(C)(C)C2)on1. The summed E-state index contributed by atoms with van der Waals surface area (Å²) in [4.78, 5) is 14.0. The molecule has 1 N–H and O–H groups in total. The van der Waals surface area contributed by atoms with E-state index in [1.165, 1.54) is 0 Å². The molecule has 1 saturated heterocycles. The summed E-state index contributed by atoms with van der Waals surface area (Å²) < 4.78 is 10.8. The molecule has 6 heteroatoms. The summed E-state index contributed by atoms with van der Waals surface area (Å²) in [5, 5.41) is 6.43. The molecule has 2 rings (SSSR count). The molecular weight excluding hydrogens is 246 g/mol. The molecule has 1 unspecified atom stereocenters. The zero-order valence-electron chi connectivity index (χ0n) is 11.9. The minimum Gasteiger partial charge on any atom is -0.370 e. The third kappa shape index (κ3) is 4.04. The Kier molecular flexibility index (Phi) is 3.91. The molecule has 1 aromatic rings. The van der Waals surface area contributed by atoms with Crippen molar-refractivity contribution < 1.29 is 14.1 Å². The van der Waals surface area contributed by atoms with E-state index >= 15 is 0 Å². The van der Waals surface area contributed by atoms with E-state index in [0.717, 1.165) is 18.8 Å². The first-order valence-electron chi connectivity index (χ1n) is 6.47. The normalized spacial score (nSPS) is 23.3. The number of hydrogen-bond donors (Lipinski definition) is 1. The Balaban J connectivity index is 1.88. The van der Waals surface area contributed by atoms with Crippen LogP contribution in [0.2, 0.25) is 0 Å². The average Bonchev–Trinajstić information content (AvgIpc) is 2.59. The molecule has 1 aromatic heterocycles. The predicted molar refractivity (Wildman–Crippen MR) is 70.9 cm³/mol. The van der Waals surface area contributed by atoms with Gasteiger partial charge in [0, 0.05) is 19.2 Å². The van der Waals surface area contributed by atoms with Crippen LogP contribution in [-0.2, 0) is 9.53 Å². The van der Waals surface area contributed by atoms with Crippen molar-refractivity contribution in [3.05, 3.63) is 11.8 Å². The molecular formula is C13H21N3O3. The third-order valence-electron chi connectivity index (χ3n) is 2.90. The maximum Gasteiger partial charge on any atom is 0.240 e. The second-order valence-electron chi connectivity index (χ2n) is 5.74. The van der Waals surface area contributed by atoms with Crippen LogP contribution in [0.25, 0.3) is 0 Å². The van der Waals surface area contributed by atoms with Crippen molar-refractivity contribution in [2.24, 2.45) is 0 Å². The zero-order valence-corrected chi connectivity index (χ0v) is 11.9. The van der Waals surface area contributed by atoms with E-state index < -0.39 is 0 Å². The molecule has 0 bridgehead atoms. The molecule has 0 spiro atoms. The Morgan fingerprint density at radius 1 is 1.63 bits per heavy atom. The fourth-order valence-corrected chi connectivity index (χ4v) is 2.51. The fraction of sp³-hybridized carbons (Fsp3) is 0.692. The number of carbonyl (C=O) groups excluding carboxylic acids is 1. The summed E-state index contributed by atoms with van der Waals surface area (Å²) in [6.07, 6.45) is 0.129. The van der Waals surface area contributed by atoms with E-state index in [1.54, 1.807) is 6.07 Å². The number of hydrogen-bond acceptors (Lipinski definition) is 5. The summed E-state index contributed by atoms with van der Waals surface area (Å²) in [6, 6.07) is 1.70. The van der Waals surface area contributed by atoms with Crippen molar-refractivity contribution in [2.45, 2.75) is 39.4 Å². The van der Waals surface area contributed by atoms with Gasteiger partial charge in [0.05, 0.1) is 23.9 Å². The highest BCUT2D eigenvalue weighted by atomic mass is 16.5. The molecule has 0 aliphatic carbocycles. The molecule has 0 saturated carbocycles. The van der Waals surface area contributed by atoms with Gasteiger partial charge < -0.3 is 9.26 Å². The summed E-state index contributed by atoms with van der Waals surface area (Å²) in [5.74, 6) is 0.295. The highest BCUT2D eigenvalue weighted by molar-refractivity contribution is 5.90. The van der Waals surface area contributed by atoms with Crippen molar-refractivity contribution >= 4 is 11.8 Å². The molecule has 6 nitrogen and oxygen atoms in total. The number of carbonyl (C=O) groups is 1. The first-order chi connectivity index (χ1) is 8.84. The Morgan fingerprint density at radius 2 is 2.37 bits per heavy atom. The zero-order chi connectivity index (χ0) is 14.0. The highest BCUT2D eigenvalue weighted by Crippen LogP contribution is 2.20. The van der Waals surface area contributed by atoms with Gasteiger partial charge in [-0.05, 0) is 27.7 Å². The summed E-state index contributed by atoms with van der Waals surface area (Å²) in [6.45, 7) is 9.72.